The van der Waals surface area contributed by atoms with E-state index in [-0.39, 0.29) is 17.9 Å². The number of hydrogen-bond acceptors (Lipinski definition) is 5. The van der Waals surface area contributed by atoms with Crippen LogP contribution in [0.5, 0.6) is 5.75 Å². The van der Waals surface area contributed by atoms with Crippen molar-refractivity contribution in [2.24, 2.45) is 11.7 Å². The van der Waals surface area contributed by atoms with Crippen LogP contribution < -0.4 is 15.8 Å². The first kappa shape index (κ1) is 29.1. The Morgan fingerprint density at radius 1 is 1.04 bits per heavy atom. The number of benzene rings is 2. The molecule has 4 heterocycles. The fourth-order valence-electron chi connectivity index (χ4n) is 6.61. The Labute approximate surface area is 263 Å². The molecule has 1 aliphatic heterocycles. The summed E-state index contributed by atoms with van der Waals surface area (Å²) in [6.07, 6.45) is 6.15. The highest BCUT2D eigenvalue weighted by molar-refractivity contribution is 5.96. The molecule has 2 aromatic carbocycles. The number of nitrogens with one attached hydrogen (secondary N) is 1. The van der Waals surface area contributed by atoms with Gasteiger partial charge in [0.2, 0.25) is 5.91 Å². The largest absolute Gasteiger partial charge is 0.494 e. The van der Waals surface area contributed by atoms with Crippen LogP contribution >= 0.6 is 0 Å². The Bertz CT molecular complexity index is 1920. The second-order valence-corrected chi connectivity index (χ2v) is 12.7. The van der Waals surface area contributed by atoms with Gasteiger partial charge in [0, 0.05) is 61.8 Å². The molecule has 2 aliphatic rings. The van der Waals surface area contributed by atoms with Crippen LogP contribution in [-0.4, -0.2) is 57.1 Å². The molecule has 7 rings (SSSR count). The van der Waals surface area contributed by atoms with E-state index in [1.165, 1.54) is 25.3 Å². The van der Waals surface area contributed by atoms with Crippen molar-refractivity contribution in [1.82, 2.24) is 24.4 Å². The predicted octanol–water partition coefficient (Wildman–Crippen LogP) is 5.55. The second-order valence-electron chi connectivity index (χ2n) is 12.7. The van der Waals surface area contributed by atoms with Gasteiger partial charge in [0.15, 0.2) is 0 Å². The molecule has 1 aliphatic carbocycles. The summed E-state index contributed by atoms with van der Waals surface area (Å²) < 4.78 is 10.1. The number of aromatic nitrogens is 3. The van der Waals surface area contributed by atoms with Gasteiger partial charge >= 0.3 is 0 Å². The molecule has 0 spiro atoms. The maximum atomic E-state index is 13.5. The number of fused-ring (bicyclic) bond motifs is 2. The number of carbonyl (C=O) groups is 2. The SMILES string of the molecule is COc1cc(C(=O)N2CCC[C@@H](N)C2)cn2nc(-c3cc4ccc(-c5ccc(CNC(C)=O)cc5)cc4n3CC3CC3)c(C)c12. The zero-order valence-electron chi connectivity index (χ0n) is 26.2. The maximum absolute atomic E-state index is 13.5. The van der Waals surface area contributed by atoms with E-state index in [0.29, 0.717) is 36.9 Å². The molecular weight excluding hydrogens is 564 g/mol. The van der Waals surface area contributed by atoms with E-state index in [9.17, 15) is 9.59 Å². The number of carbonyl (C=O) groups excluding carboxylic acids is 2. The fraction of sp³-hybridized carbons (Fsp3) is 0.361. The van der Waals surface area contributed by atoms with Crippen LogP contribution in [0.15, 0.2) is 60.8 Å². The van der Waals surface area contributed by atoms with E-state index in [0.717, 1.165) is 63.9 Å². The van der Waals surface area contributed by atoms with Crippen molar-refractivity contribution in [3.05, 3.63) is 77.5 Å². The van der Waals surface area contributed by atoms with Crippen molar-refractivity contribution in [2.75, 3.05) is 20.2 Å². The normalized spacial score (nSPS) is 16.8. The van der Waals surface area contributed by atoms with E-state index >= 15 is 0 Å². The Morgan fingerprint density at radius 3 is 2.53 bits per heavy atom. The van der Waals surface area contributed by atoms with E-state index in [1.807, 2.05) is 21.7 Å². The molecule has 9 nitrogen and oxygen atoms in total. The highest BCUT2D eigenvalue weighted by Crippen LogP contribution is 2.39. The van der Waals surface area contributed by atoms with Crippen LogP contribution in [0.4, 0.5) is 0 Å². The lowest BCUT2D eigenvalue weighted by Crippen LogP contribution is -2.45. The lowest BCUT2D eigenvalue weighted by molar-refractivity contribution is -0.119. The lowest BCUT2D eigenvalue weighted by atomic mass is 10.0. The predicted molar refractivity (Wildman–Crippen MR) is 176 cm³/mol. The smallest absolute Gasteiger partial charge is 0.255 e. The Hall–Kier alpha value is -4.63. The van der Waals surface area contributed by atoms with Gasteiger partial charge in [0.25, 0.3) is 5.91 Å². The molecule has 232 valence electrons. The first-order chi connectivity index (χ1) is 21.8. The zero-order valence-corrected chi connectivity index (χ0v) is 26.2. The van der Waals surface area contributed by atoms with Crippen LogP contribution in [0.1, 0.15) is 54.1 Å². The van der Waals surface area contributed by atoms with E-state index < -0.39 is 0 Å². The Balaban J connectivity index is 1.28. The number of aryl methyl sites for hydroxylation is 1. The quantitative estimate of drug-likeness (QED) is 0.242. The lowest BCUT2D eigenvalue weighted by Gasteiger charge is -2.30. The van der Waals surface area contributed by atoms with Gasteiger partial charge in [-0.2, -0.15) is 5.10 Å². The molecule has 1 atom stereocenters. The minimum Gasteiger partial charge on any atom is -0.494 e. The maximum Gasteiger partial charge on any atom is 0.255 e. The highest BCUT2D eigenvalue weighted by atomic mass is 16.5. The Kier molecular flexibility index (Phi) is 7.57. The summed E-state index contributed by atoms with van der Waals surface area (Å²) in [4.78, 5) is 26.7. The monoisotopic (exact) mass is 604 g/mol. The summed E-state index contributed by atoms with van der Waals surface area (Å²) in [5, 5.41) is 9.11. The second kappa shape index (κ2) is 11.7. The van der Waals surface area contributed by atoms with Crippen molar-refractivity contribution < 1.29 is 14.3 Å². The topological polar surface area (TPSA) is 107 Å². The average Bonchev–Trinajstić information content (AvgIpc) is 3.72. The molecule has 9 heteroatoms. The number of nitrogens with zero attached hydrogens (tertiary/aromatic N) is 4. The molecule has 1 saturated heterocycles. The van der Waals surface area contributed by atoms with E-state index in [1.54, 1.807) is 7.11 Å². The van der Waals surface area contributed by atoms with Gasteiger partial charge in [-0.3, -0.25) is 9.59 Å². The molecule has 1 saturated carbocycles. The fourth-order valence-corrected chi connectivity index (χ4v) is 6.61. The first-order valence-electron chi connectivity index (χ1n) is 15.9. The minimum absolute atomic E-state index is 0.00943. The van der Waals surface area contributed by atoms with Gasteiger partial charge in [-0.15, -0.1) is 0 Å². The number of ether oxygens (including phenoxy) is 1. The molecule has 45 heavy (non-hydrogen) atoms. The van der Waals surface area contributed by atoms with Gasteiger partial charge in [-0.1, -0.05) is 36.4 Å². The molecule has 0 radical (unpaired) electrons. The molecule has 0 bridgehead atoms. The average molecular weight is 605 g/mol. The zero-order chi connectivity index (χ0) is 31.2. The van der Waals surface area contributed by atoms with Crippen LogP contribution in [-0.2, 0) is 17.9 Å². The third kappa shape index (κ3) is 5.68. The van der Waals surface area contributed by atoms with Gasteiger partial charge < -0.3 is 25.3 Å². The first-order valence-corrected chi connectivity index (χ1v) is 15.9. The summed E-state index contributed by atoms with van der Waals surface area (Å²) in [5.74, 6) is 1.21. The molecule has 2 fully saturated rings. The molecule has 3 N–H and O–H groups in total. The van der Waals surface area contributed by atoms with Gasteiger partial charge in [-0.25, -0.2) is 4.52 Å². The molecule has 5 aromatic rings. The summed E-state index contributed by atoms with van der Waals surface area (Å²) in [7, 11) is 1.64. The van der Waals surface area contributed by atoms with Crippen LogP contribution in [0.25, 0.3) is 38.9 Å². The van der Waals surface area contributed by atoms with Gasteiger partial charge in [0.1, 0.15) is 17.0 Å². The number of piperidine rings is 1. The minimum atomic E-state index is -0.0430. The molecule has 0 unspecified atom stereocenters. The third-order valence-electron chi connectivity index (χ3n) is 9.25. The number of likely N-dealkylation sites (tertiary alicyclic amines) is 1. The van der Waals surface area contributed by atoms with Crippen molar-refractivity contribution in [3.63, 3.8) is 0 Å². The van der Waals surface area contributed by atoms with Crippen molar-refractivity contribution in [1.29, 1.82) is 0 Å². The number of nitrogens with two attached hydrogens (primary N) is 1. The third-order valence-corrected chi connectivity index (χ3v) is 9.25. The Morgan fingerprint density at radius 2 is 1.82 bits per heavy atom. The van der Waals surface area contributed by atoms with Crippen molar-refractivity contribution >= 4 is 28.2 Å². The summed E-state index contributed by atoms with van der Waals surface area (Å²) in [6, 6.07) is 19.1. The molecule has 3 aromatic heterocycles. The summed E-state index contributed by atoms with van der Waals surface area (Å²) >= 11 is 0. The van der Waals surface area contributed by atoms with E-state index in [4.69, 9.17) is 15.6 Å². The summed E-state index contributed by atoms with van der Waals surface area (Å²) in [5.41, 5.74) is 15.1. The number of hydrogen-bond donors (Lipinski definition) is 2. The van der Waals surface area contributed by atoms with Gasteiger partial charge in [0.05, 0.1) is 18.4 Å². The van der Waals surface area contributed by atoms with Crippen LogP contribution in [0.3, 0.4) is 0 Å². The van der Waals surface area contributed by atoms with Crippen LogP contribution in [0, 0.1) is 12.8 Å². The van der Waals surface area contributed by atoms with Gasteiger partial charge in [-0.05, 0) is 73.4 Å². The molecule has 2 amide bonds. The highest BCUT2D eigenvalue weighted by Gasteiger charge is 2.28. The number of pyridine rings is 1. The standard InChI is InChI=1S/C36H40N6O3/c1-22-34(39-42-20-29(17-33(45-3)35(22)42)36(44)40-14-4-5-30(37)21-40)32-16-28-13-12-27(15-31(28)41(32)19-25-6-7-25)26-10-8-24(9-11-26)18-38-23(2)43/h8-13,15-17,20,25,30H,4-7,14,18-19,21,37H2,1-3H3,(H,38,43)/t30-/m1/s1. The number of methoxy groups -OCH3 is 1. The van der Waals surface area contributed by atoms with Crippen LogP contribution in [0.2, 0.25) is 0 Å². The van der Waals surface area contributed by atoms with E-state index in [2.05, 4.69) is 65.3 Å². The van der Waals surface area contributed by atoms with Crippen molar-refractivity contribution in [3.8, 4) is 28.3 Å². The summed E-state index contributed by atoms with van der Waals surface area (Å²) in [6.45, 7) is 6.34. The number of amides is 2. The number of rotatable bonds is 8. The molecular formula is C36H40N6O3. The van der Waals surface area contributed by atoms with Crippen molar-refractivity contribution in [2.45, 2.75) is 58.7 Å².